The first kappa shape index (κ1) is 11.9. The zero-order chi connectivity index (χ0) is 12.3. The molecule has 1 aliphatic rings. The highest BCUT2D eigenvalue weighted by Crippen LogP contribution is 2.19. The summed E-state index contributed by atoms with van der Waals surface area (Å²) in [5.41, 5.74) is 7.49. The molecule has 17 heavy (non-hydrogen) atoms. The topological polar surface area (TPSA) is 58.4 Å². The zero-order valence-electron chi connectivity index (χ0n) is 10.1. The van der Waals surface area contributed by atoms with Gasteiger partial charge in [0.05, 0.1) is 0 Å². The van der Waals surface area contributed by atoms with Crippen LogP contribution in [0.15, 0.2) is 24.3 Å². The molecule has 0 atom stereocenters. The van der Waals surface area contributed by atoms with Crippen LogP contribution in [0.1, 0.15) is 24.8 Å². The van der Waals surface area contributed by atoms with Gasteiger partial charge in [0.25, 0.3) is 0 Å². The predicted octanol–water partition coefficient (Wildman–Crippen LogP) is 1.84. The molecule has 1 aromatic rings. The van der Waals surface area contributed by atoms with Crippen LogP contribution in [0.25, 0.3) is 0 Å². The molecule has 0 heterocycles. The Morgan fingerprint density at radius 1 is 1.41 bits per heavy atom. The van der Waals surface area contributed by atoms with Crippen LogP contribution in [0.4, 0.5) is 10.5 Å². The van der Waals surface area contributed by atoms with Gasteiger partial charge in [0, 0.05) is 25.3 Å². The molecule has 0 saturated heterocycles. The number of carbonyl (C=O) groups excluding carboxylic acids is 1. The normalized spacial score (nSPS) is 15.2. The summed E-state index contributed by atoms with van der Waals surface area (Å²) in [5.74, 6) is 0. The fourth-order valence-corrected chi connectivity index (χ4v) is 1.80. The Hall–Kier alpha value is -1.55. The Labute approximate surface area is 102 Å². The van der Waals surface area contributed by atoms with Crippen LogP contribution >= 0.6 is 0 Å². The number of hydrogen-bond donors (Lipinski definition) is 2. The van der Waals surface area contributed by atoms with Crippen LogP contribution in [-0.2, 0) is 6.54 Å². The third kappa shape index (κ3) is 2.77. The standard InChI is InChI=1S/C13H19N3O/c1-16(13(17)15-11-3-2-4-11)12-7-5-10(9-14)6-8-12/h5-8,11H,2-4,9,14H2,1H3,(H,15,17). The number of nitrogens with one attached hydrogen (secondary N) is 1. The van der Waals surface area contributed by atoms with Crippen molar-refractivity contribution in [1.29, 1.82) is 0 Å². The highest BCUT2D eigenvalue weighted by atomic mass is 16.2. The van der Waals surface area contributed by atoms with Crippen molar-refractivity contribution in [2.75, 3.05) is 11.9 Å². The number of anilines is 1. The minimum absolute atomic E-state index is 0.0322. The van der Waals surface area contributed by atoms with Gasteiger partial charge in [-0.3, -0.25) is 4.90 Å². The third-order valence-electron chi connectivity index (χ3n) is 3.30. The number of nitrogens with two attached hydrogens (primary N) is 1. The second-order valence-electron chi connectivity index (χ2n) is 4.51. The van der Waals surface area contributed by atoms with Gasteiger partial charge in [0.1, 0.15) is 0 Å². The average Bonchev–Trinajstić information content (AvgIpc) is 2.32. The van der Waals surface area contributed by atoms with Crippen LogP contribution in [0.5, 0.6) is 0 Å². The van der Waals surface area contributed by atoms with Crippen LogP contribution in [-0.4, -0.2) is 19.1 Å². The molecular weight excluding hydrogens is 214 g/mol. The van der Waals surface area contributed by atoms with E-state index in [2.05, 4.69) is 5.32 Å². The maximum absolute atomic E-state index is 11.9. The zero-order valence-corrected chi connectivity index (χ0v) is 10.1. The lowest BCUT2D eigenvalue weighted by Crippen LogP contribution is -2.46. The second-order valence-corrected chi connectivity index (χ2v) is 4.51. The van der Waals surface area contributed by atoms with Crippen molar-refractivity contribution in [2.24, 2.45) is 5.73 Å². The molecule has 2 rings (SSSR count). The molecule has 3 N–H and O–H groups in total. The molecular formula is C13H19N3O. The van der Waals surface area contributed by atoms with Crippen LogP contribution in [0.2, 0.25) is 0 Å². The van der Waals surface area contributed by atoms with Gasteiger partial charge in [-0.1, -0.05) is 12.1 Å². The maximum Gasteiger partial charge on any atom is 0.321 e. The smallest absolute Gasteiger partial charge is 0.321 e. The van der Waals surface area contributed by atoms with Crippen LogP contribution < -0.4 is 16.0 Å². The largest absolute Gasteiger partial charge is 0.335 e. The SMILES string of the molecule is CN(C(=O)NC1CCC1)c1ccc(CN)cc1. The molecule has 1 saturated carbocycles. The first-order valence-electron chi connectivity index (χ1n) is 6.04. The monoisotopic (exact) mass is 233 g/mol. The van der Waals surface area contributed by atoms with E-state index in [0.29, 0.717) is 12.6 Å². The molecule has 0 radical (unpaired) electrons. The van der Waals surface area contributed by atoms with E-state index in [1.54, 1.807) is 11.9 Å². The van der Waals surface area contributed by atoms with Crippen LogP contribution in [0.3, 0.4) is 0 Å². The Bertz CT molecular complexity index is 384. The number of urea groups is 1. The van der Waals surface area contributed by atoms with Crippen LogP contribution in [0, 0.1) is 0 Å². The summed E-state index contributed by atoms with van der Waals surface area (Å²) in [6, 6.07) is 8.07. The summed E-state index contributed by atoms with van der Waals surface area (Å²) in [4.78, 5) is 13.5. The number of carbonyl (C=O) groups is 1. The van der Waals surface area contributed by atoms with Gasteiger partial charge in [0.2, 0.25) is 0 Å². The Kier molecular flexibility index (Phi) is 3.64. The highest BCUT2D eigenvalue weighted by molar-refractivity contribution is 5.91. The van der Waals surface area contributed by atoms with Crippen molar-refractivity contribution in [3.05, 3.63) is 29.8 Å². The molecule has 4 nitrogen and oxygen atoms in total. The summed E-state index contributed by atoms with van der Waals surface area (Å²) in [6.45, 7) is 0.526. The van der Waals surface area contributed by atoms with E-state index in [4.69, 9.17) is 5.73 Å². The quantitative estimate of drug-likeness (QED) is 0.837. The Morgan fingerprint density at radius 2 is 2.06 bits per heavy atom. The Balaban J connectivity index is 1.96. The number of amides is 2. The van der Waals surface area contributed by atoms with E-state index in [1.165, 1.54) is 6.42 Å². The van der Waals surface area contributed by atoms with E-state index in [1.807, 2.05) is 24.3 Å². The molecule has 1 aromatic carbocycles. The van der Waals surface area contributed by atoms with Gasteiger partial charge < -0.3 is 11.1 Å². The summed E-state index contributed by atoms with van der Waals surface area (Å²) in [5, 5.41) is 3.01. The number of benzene rings is 1. The summed E-state index contributed by atoms with van der Waals surface area (Å²) in [7, 11) is 1.78. The van der Waals surface area contributed by atoms with E-state index in [0.717, 1.165) is 24.1 Å². The van der Waals surface area contributed by atoms with Gasteiger partial charge in [-0.15, -0.1) is 0 Å². The van der Waals surface area contributed by atoms with E-state index in [9.17, 15) is 4.79 Å². The minimum atomic E-state index is -0.0322. The maximum atomic E-state index is 11.9. The lowest BCUT2D eigenvalue weighted by Gasteiger charge is -2.29. The van der Waals surface area contributed by atoms with Crippen molar-refractivity contribution < 1.29 is 4.79 Å². The first-order valence-corrected chi connectivity index (χ1v) is 6.04. The molecule has 1 fully saturated rings. The molecule has 0 aromatic heterocycles. The Morgan fingerprint density at radius 3 is 2.53 bits per heavy atom. The van der Waals surface area contributed by atoms with Gasteiger partial charge in [-0.2, -0.15) is 0 Å². The molecule has 0 spiro atoms. The molecule has 4 heteroatoms. The highest BCUT2D eigenvalue weighted by Gasteiger charge is 2.21. The van der Waals surface area contributed by atoms with Crippen molar-refractivity contribution in [2.45, 2.75) is 31.8 Å². The lowest BCUT2D eigenvalue weighted by atomic mass is 9.93. The summed E-state index contributed by atoms with van der Waals surface area (Å²) >= 11 is 0. The average molecular weight is 233 g/mol. The van der Waals surface area contributed by atoms with Crippen molar-refractivity contribution in [1.82, 2.24) is 5.32 Å². The summed E-state index contributed by atoms with van der Waals surface area (Å²) in [6.07, 6.45) is 3.43. The predicted molar refractivity (Wildman–Crippen MR) is 68.9 cm³/mol. The molecule has 2 amide bonds. The molecule has 92 valence electrons. The minimum Gasteiger partial charge on any atom is -0.335 e. The third-order valence-corrected chi connectivity index (χ3v) is 3.30. The number of hydrogen-bond acceptors (Lipinski definition) is 2. The first-order chi connectivity index (χ1) is 8.20. The van der Waals surface area contributed by atoms with Gasteiger partial charge in [0.15, 0.2) is 0 Å². The molecule has 0 unspecified atom stereocenters. The van der Waals surface area contributed by atoms with Gasteiger partial charge in [-0.05, 0) is 37.0 Å². The van der Waals surface area contributed by atoms with Crippen molar-refractivity contribution in [3.8, 4) is 0 Å². The number of rotatable bonds is 3. The second kappa shape index (κ2) is 5.19. The van der Waals surface area contributed by atoms with E-state index < -0.39 is 0 Å². The van der Waals surface area contributed by atoms with Gasteiger partial charge in [-0.25, -0.2) is 4.79 Å². The summed E-state index contributed by atoms with van der Waals surface area (Å²) < 4.78 is 0. The lowest BCUT2D eigenvalue weighted by molar-refractivity contribution is 0.235. The van der Waals surface area contributed by atoms with E-state index >= 15 is 0 Å². The van der Waals surface area contributed by atoms with E-state index in [-0.39, 0.29) is 6.03 Å². The molecule has 0 aliphatic heterocycles. The fraction of sp³-hybridized carbons (Fsp3) is 0.462. The molecule has 0 bridgehead atoms. The van der Waals surface area contributed by atoms with Crippen molar-refractivity contribution in [3.63, 3.8) is 0 Å². The number of nitrogens with zero attached hydrogens (tertiary/aromatic N) is 1. The fourth-order valence-electron chi connectivity index (χ4n) is 1.80. The molecule has 1 aliphatic carbocycles. The van der Waals surface area contributed by atoms with Gasteiger partial charge >= 0.3 is 6.03 Å². The van der Waals surface area contributed by atoms with Crippen molar-refractivity contribution >= 4 is 11.7 Å².